The average Bonchev–Trinajstić information content (AvgIpc) is 2.81. The molecule has 1 N–H and O–H groups in total. The van der Waals surface area contributed by atoms with Crippen LogP contribution in [-0.2, 0) is 14.4 Å². The molecular weight excluding hydrogens is 361 g/mol. The van der Waals surface area contributed by atoms with Crippen molar-refractivity contribution in [1.82, 2.24) is 0 Å². The van der Waals surface area contributed by atoms with Crippen molar-refractivity contribution in [1.29, 1.82) is 0 Å². The van der Waals surface area contributed by atoms with Gasteiger partial charge in [-0.2, -0.15) is 0 Å². The van der Waals surface area contributed by atoms with Crippen LogP contribution in [-0.4, -0.2) is 17.5 Å². The fourth-order valence-electron chi connectivity index (χ4n) is 3.93. The van der Waals surface area contributed by atoms with Crippen LogP contribution in [0.2, 0.25) is 15.1 Å². The Morgan fingerprint density at radius 3 is 2.30 bits per heavy atom. The van der Waals surface area contributed by atoms with E-state index in [0.717, 1.165) is 0 Å². The summed E-state index contributed by atoms with van der Waals surface area (Å²) in [6.45, 7) is 3.59. The van der Waals surface area contributed by atoms with Crippen molar-refractivity contribution in [2.75, 3.05) is 5.32 Å². The van der Waals surface area contributed by atoms with Crippen LogP contribution in [0.5, 0.6) is 0 Å². The van der Waals surface area contributed by atoms with Crippen molar-refractivity contribution in [3.05, 3.63) is 27.2 Å². The summed E-state index contributed by atoms with van der Waals surface area (Å²) in [4.78, 5) is 37.5. The van der Waals surface area contributed by atoms with E-state index in [1.165, 1.54) is 12.1 Å². The fraction of sp³-hybridized carbons (Fsp3) is 0.438. The maximum absolute atomic E-state index is 12.9. The molecule has 2 saturated carbocycles. The SMILES string of the molecule is CC1(C)C2CCC1(C(=O)Nc1cc(Cl)c(Cl)cc1Cl)C(=O)C2=O. The van der Waals surface area contributed by atoms with Gasteiger partial charge in [0, 0.05) is 5.92 Å². The average molecular weight is 375 g/mol. The Hall–Kier alpha value is -1.10. The third-order valence-electron chi connectivity index (χ3n) is 5.35. The summed E-state index contributed by atoms with van der Waals surface area (Å²) in [5.74, 6) is -1.96. The van der Waals surface area contributed by atoms with Gasteiger partial charge in [-0.1, -0.05) is 48.7 Å². The third kappa shape index (κ3) is 2.08. The van der Waals surface area contributed by atoms with Crippen LogP contribution in [0.1, 0.15) is 26.7 Å². The Morgan fingerprint density at radius 1 is 1.13 bits per heavy atom. The predicted molar refractivity (Wildman–Crippen MR) is 89.1 cm³/mol. The van der Waals surface area contributed by atoms with Gasteiger partial charge in [-0.05, 0) is 30.4 Å². The van der Waals surface area contributed by atoms with Crippen LogP contribution >= 0.6 is 34.8 Å². The normalized spacial score (nSPS) is 28.3. The molecule has 2 aliphatic rings. The lowest BCUT2D eigenvalue weighted by Crippen LogP contribution is -2.47. The Labute approximate surface area is 148 Å². The molecule has 23 heavy (non-hydrogen) atoms. The molecule has 3 rings (SSSR count). The summed E-state index contributed by atoms with van der Waals surface area (Å²) in [6.07, 6.45) is 0.903. The number of ketones is 2. The third-order valence-corrected chi connectivity index (χ3v) is 6.39. The van der Waals surface area contributed by atoms with Crippen LogP contribution < -0.4 is 5.32 Å². The summed E-state index contributed by atoms with van der Waals surface area (Å²) in [6, 6.07) is 2.85. The number of halogens is 3. The van der Waals surface area contributed by atoms with Gasteiger partial charge in [0.2, 0.25) is 17.5 Å². The number of carbonyl (C=O) groups is 3. The molecule has 0 saturated heterocycles. The van der Waals surface area contributed by atoms with Crippen molar-refractivity contribution in [2.24, 2.45) is 16.7 Å². The monoisotopic (exact) mass is 373 g/mol. The standard InChI is InChI=1S/C16H14Cl3NO3/c1-15(2)7-3-4-16(15,13(22)12(7)21)14(23)20-11-6-9(18)8(17)5-10(11)19/h5-7H,3-4H2,1-2H3,(H,20,23). The van der Waals surface area contributed by atoms with Gasteiger partial charge >= 0.3 is 0 Å². The molecule has 0 aliphatic heterocycles. The molecule has 0 aromatic heterocycles. The van der Waals surface area contributed by atoms with E-state index in [4.69, 9.17) is 34.8 Å². The zero-order valence-electron chi connectivity index (χ0n) is 12.5. The minimum absolute atomic E-state index is 0.216. The fourth-order valence-corrected chi connectivity index (χ4v) is 4.53. The van der Waals surface area contributed by atoms with Gasteiger partial charge in [0.1, 0.15) is 5.41 Å². The predicted octanol–water partition coefficient (Wildman–Crippen LogP) is 4.16. The van der Waals surface area contributed by atoms with Crippen LogP contribution in [0, 0.1) is 16.7 Å². The molecule has 7 heteroatoms. The number of benzene rings is 1. The second-order valence-electron chi connectivity index (χ2n) is 6.61. The number of hydrogen-bond donors (Lipinski definition) is 1. The smallest absolute Gasteiger partial charge is 0.239 e. The first-order valence-corrected chi connectivity index (χ1v) is 8.31. The van der Waals surface area contributed by atoms with Crippen molar-refractivity contribution in [2.45, 2.75) is 26.7 Å². The zero-order valence-corrected chi connectivity index (χ0v) is 14.8. The minimum atomic E-state index is -1.34. The van der Waals surface area contributed by atoms with Gasteiger partial charge in [0.15, 0.2) is 0 Å². The van der Waals surface area contributed by atoms with E-state index in [2.05, 4.69) is 5.32 Å². The van der Waals surface area contributed by atoms with Gasteiger partial charge in [-0.15, -0.1) is 0 Å². The van der Waals surface area contributed by atoms with Crippen molar-refractivity contribution in [3.63, 3.8) is 0 Å². The second kappa shape index (κ2) is 5.20. The molecule has 2 bridgehead atoms. The molecule has 1 aromatic carbocycles. The van der Waals surface area contributed by atoms with Gasteiger partial charge in [-0.3, -0.25) is 14.4 Å². The molecule has 1 aromatic rings. The van der Waals surface area contributed by atoms with E-state index < -0.39 is 34.2 Å². The van der Waals surface area contributed by atoms with Crippen LogP contribution in [0.4, 0.5) is 5.69 Å². The number of rotatable bonds is 2. The molecule has 0 radical (unpaired) electrons. The summed E-state index contributed by atoms with van der Waals surface area (Å²) in [5, 5.41) is 3.38. The maximum atomic E-state index is 12.9. The lowest BCUT2D eigenvalue weighted by atomic mass is 9.68. The molecule has 2 aliphatic carbocycles. The number of carbonyl (C=O) groups excluding carboxylic acids is 3. The van der Waals surface area contributed by atoms with E-state index >= 15 is 0 Å². The minimum Gasteiger partial charge on any atom is -0.324 e. The number of Topliss-reactive ketones (excluding diaryl/α,β-unsaturated/α-hetero) is 2. The summed E-state index contributed by atoms with van der Waals surface area (Å²) in [5.41, 5.74) is -1.79. The highest BCUT2D eigenvalue weighted by Gasteiger charge is 2.72. The van der Waals surface area contributed by atoms with E-state index in [1.807, 2.05) is 0 Å². The molecule has 2 fully saturated rings. The molecular formula is C16H14Cl3NO3. The number of fused-ring (bicyclic) bond motifs is 2. The molecule has 2 atom stereocenters. The van der Waals surface area contributed by atoms with Gasteiger partial charge < -0.3 is 5.32 Å². The van der Waals surface area contributed by atoms with Crippen molar-refractivity contribution in [3.8, 4) is 0 Å². The van der Waals surface area contributed by atoms with Gasteiger partial charge in [0.05, 0.1) is 20.8 Å². The molecule has 122 valence electrons. The highest BCUT2D eigenvalue weighted by molar-refractivity contribution is 6.48. The molecule has 1 amide bonds. The number of anilines is 1. The van der Waals surface area contributed by atoms with Gasteiger partial charge in [0.25, 0.3) is 0 Å². The first kappa shape index (κ1) is 16.7. The molecule has 2 unspecified atom stereocenters. The number of hydrogen-bond acceptors (Lipinski definition) is 3. The summed E-state index contributed by atoms with van der Waals surface area (Å²) >= 11 is 17.9. The quantitative estimate of drug-likeness (QED) is 0.480. The highest BCUT2D eigenvalue weighted by atomic mass is 35.5. The lowest BCUT2D eigenvalue weighted by molar-refractivity contribution is -0.147. The molecule has 4 nitrogen and oxygen atoms in total. The van der Waals surface area contributed by atoms with E-state index in [-0.39, 0.29) is 20.8 Å². The number of amides is 1. The second-order valence-corrected chi connectivity index (χ2v) is 7.83. The molecule has 0 spiro atoms. The van der Waals surface area contributed by atoms with E-state index in [0.29, 0.717) is 12.8 Å². The Balaban J connectivity index is 2.00. The Morgan fingerprint density at radius 2 is 1.74 bits per heavy atom. The lowest BCUT2D eigenvalue weighted by Gasteiger charge is -2.33. The largest absolute Gasteiger partial charge is 0.324 e. The van der Waals surface area contributed by atoms with Crippen LogP contribution in [0.25, 0.3) is 0 Å². The number of nitrogens with one attached hydrogen (secondary N) is 1. The van der Waals surface area contributed by atoms with Crippen molar-refractivity contribution < 1.29 is 14.4 Å². The first-order chi connectivity index (χ1) is 10.6. The molecule has 0 heterocycles. The summed E-state index contributed by atoms with van der Waals surface area (Å²) in [7, 11) is 0. The van der Waals surface area contributed by atoms with Gasteiger partial charge in [-0.25, -0.2) is 0 Å². The Bertz CT molecular complexity index is 759. The maximum Gasteiger partial charge on any atom is 0.239 e. The zero-order chi connectivity index (χ0) is 17.2. The highest BCUT2D eigenvalue weighted by Crippen LogP contribution is 2.62. The van der Waals surface area contributed by atoms with E-state index in [9.17, 15) is 14.4 Å². The topological polar surface area (TPSA) is 63.2 Å². The van der Waals surface area contributed by atoms with E-state index in [1.54, 1.807) is 13.8 Å². The first-order valence-electron chi connectivity index (χ1n) is 7.17. The Kier molecular flexibility index (Phi) is 3.79. The van der Waals surface area contributed by atoms with Crippen LogP contribution in [0.3, 0.4) is 0 Å². The van der Waals surface area contributed by atoms with Crippen molar-refractivity contribution >= 4 is 58.0 Å². The summed E-state index contributed by atoms with van der Waals surface area (Å²) < 4.78 is 0. The van der Waals surface area contributed by atoms with Crippen LogP contribution in [0.15, 0.2) is 12.1 Å².